The van der Waals surface area contributed by atoms with Crippen LogP contribution in [0.1, 0.15) is 63.9 Å². The normalized spacial score (nSPS) is 17.8. The van der Waals surface area contributed by atoms with E-state index in [1.165, 1.54) is 0 Å². The molecule has 7 heteroatoms. The Morgan fingerprint density at radius 2 is 1.49 bits per heavy atom. The lowest BCUT2D eigenvalue weighted by molar-refractivity contribution is -0.138. The Kier molecular flexibility index (Phi) is 8.32. The average Bonchev–Trinajstić information content (AvgIpc) is 3.79. The van der Waals surface area contributed by atoms with E-state index in [9.17, 15) is 14.4 Å². The van der Waals surface area contributed by atoms with Crippen LogP contribution in [-0.4, -0.2) is 40.2 Å². The number of fused-ring (bicyclic) bond motifs is 1. The first kappa shape index (κ1) is 28.7. The van der Waals surface area contributed by atoms with Gasteiger partial charge < -0.3 is 20.5 Å². The van der Waals surface area contributed by atoms with Crippen molar-refractivity contribution in [2.45, 2.75) is 64.3 Å². The van der Waals surface area contributed by atoms with Crippen molar-refractivity contribution in [1.82, 2.24) is 9.88 Å². The molecule has 3 aromatic carbocycles. The minimum absolute atomic E-state index is 0.0219. The number of nitrogens with zero attached hydrogens (tertiary/aromatic N) is 1. The summed E-state index contributed by atoms with van der Waals surface area (Å²) in [4.78, 5) is 44.9. The predicted molar refractivity (Wildman–Crippen MR) is 172 cm³/mol. The molecule has 1 saturated carbocycles. The average molecular weight is 577 g/mol. The molecular formula is C36H40N4O3. The highest BCUT2D eigenvalue weighted by Crippen LogP contribution is 2.32. The highest BCUT2D eigenvalue weighted by atomic mass is 16.2. The molecule has 3 N–H and O–H groups in total. The van der Waals surface area contributed by atoms with Gasteiger partial charge in [0.05, 0.1) is 5.92 Å². The molecule has 1 aliphatic carbocycles. The second-order valence-electron chi connectivity index (χ2n) is 12.3. The Morgan fingerprint density at radius 3 is 2.21 bits per heavy atom. The molecule has 0 radical (unpaired) electrons. The number of nitrogens with one attached hydrogen (secondary N) is 3. The maximum Gasteiger partial charge on any atom is 0.247 e. The third kappa shape index (κ3) is 6.21. The van der Waals surface area contributed by atoms with Gasteiger partial charge in [0.1, 0.15) is 6.04 Å². The van der Waals surface area contributed by atoms with E-state index < -0.39 is 6.04 Å². The quantitative estimate of drug-likeness (QED) is 0.205. The van der Waals surface area contributed by atoms with Gasteiger partial charge in [0.2, 0.25) is 17.7 Å². The molecule has 6 rings (SSSR count). The van der Waals surface area contributed by atoms with E-state index in [1.807, 2.05) is 72.8 Å². The zero-order valence-corrected chi connectivity index (χ0v) is 24.9. The molecule has 222 valence electrons. The lowest BCUT2D eigenvalue weighted by atomic mass is 9.87. The Balaban J connectivity index is 1.13. The maximum atomic E-state index is 13.7. The van der Waals surface area contributed by atoms with Crippen LogP contribution in [0.2, 0.25) is 0 Å². The summed E-state index contributed by atoms with van der Waals surface area (Å²) in [7, 11) is 0. The molecule has 2 fully saturated rings. The van der Waals surface area contributed by atoms with Gasteiger partial charge in [-0.05, 0) is 79.1 Å². The summed E-state index contributed by atoms with van der Waals surface area (Å²) in [6, 6.07) is 25.2. The molecule has 1 aliphatic heterocycles. The molecule has 4 aromatic rings. The smallest absolute Gasteiger partial charge is 0.247 e. The lowest BCUT2D eigenvalue weighted by Gasteiger charge is -2.30. The van der Waals surface area contributed by atoms with Crippen molar-refractivity contribution in [2.24, 2.45) is 11.8 Å². The van der Waals surface area contributed by atoms with Crippen LogP contribution in [0.15, 0.2) is 78.9 Å². The molecule has 3 amide bonds. The van der Waals surface area contributed by atoms with Crippen molar-refractivity contribution >= 4 is 40.0 Å². The van der Waals surface area contributed by atoms with Crippen LogP contribution in [0.25, 0.3) is 22.2 Å². The number of aromatic amines is 1. The molecule has 2 aliphatic rings. The van der Waals surface area contributed by atoms with Crippen LogP contribution in [0.4, 0.5) is 11.4 Å². The largest absolute Gasteiger partial charge is 0.355 e. The summed E-state index contributed by atoms with van der Waals surface area (Å²) >= 11 is 0. The second kappa shape index (κ2) is 12.5. The standard InChI is InChI=1S/C36H40N4O3/c1-23(2)33(25-9-4-3-5-10-25)36(43)40-20-8-13-32(40)35(42)38-29-18-19-30-27(21-29)22-31(39-30)24-14-16-28(17-15-24)37-34(41)26-11-6-7-12-26/h3-5,9-10,14-19,21-23,26,32-33,39H,6-8,11-13,20H2,1-2H3,(H,37,41)(H,38,42). The molecule has 0 bridgehead atoms. The number of aromatic nitrogens is 1. The minimum Gasteiger partial charge on any atom is -0.355 e. The van der Waals surface area contributed by atoms with Crippen LogP contribution in [0.3, 0.4) is 0 Å². The van der Waals surface area contributed by atoms with Crippen LogP contribution in [0, 0.1) is 11.8 Å². The number of carbonyl (C=O) groups excluding carboxylic acids is 3. The molecule has 1 aromatic heterocycles. The van der Waals surface area contributed by atoms with Gasteiger partial charge in [-0.15, -0.1) is 0 Å². The first-order valence-corrected chi connectivity index (χ1v) is 15.6. The first-order chi connectivity index (χ1) is 20.9. The van der Waals surface area contributed by atoms with Gasteiger partial charge in [-0.1, -0.05) is 69.2 Å². The number of likely N-dealkylation sites (tertiary alicyclic amines) is 1. The van der Waals surface area contributed by atoms with Gasteiger partial charge in [0.25, 0.3) is 0 Å². The molecule has 2 heterocycles. The molecule has 2 unspecified atom stereocenters. The van der Waals surface area contributed by atoms with Crippen LogP contribution in [0.5, 0.6) is 0 Å². The van der Waals surface area contributed by atoms with Crippen molar-refractivity contribution in [2.75, 3.05) is 17.2 Å². The van der Waals surface area contributed by atoms with Gasteiger partial charge >= 0.3 is 0 Å². The van der Waals surface area contributed by atoms with E-state index in [-0.39, 0.29) is 35.5 Å². The summed E-state index contributed by atoms with van der Waals surface area (Å²) in [6.07, 6.45) is 5.69. The Hall–Kier alpha value is -4.39. The molecule has 7 nitrogen and oxygen atoms in total. The van der Waals surface area contributed by atoms with Crippen LogP contribution < -0.4 is 10.6 Å². The summed E-state index contributed by atoms with van der Waals surface area (Å²) in [5, 5.41) is 7.11. The number of benzene rings is 3. The first-order valence-electron chi connectivity index (χ1n) is 15.6. The molecular weight excluding hydrogens is 536 g/mol. The number of hydrogen-bond donors (Lipinski definition) is 3. The number of carbonyl (C=O) groups is 3. The van der Waals surface area contributed by atoms with Gasteiger partial charge in [-0.3, -0.25) is 14.4 Å². The molecule has 43 heavy (non-hydrogen) atoms. The summed E-state index contributed by atoms with van der Waals surface area (Å²) in [6.45, 7) is 4.71. The number of rotatable bonds is 8. The second-order valence-corrected chi connectivity index (χ2v) is 12.3. The topological polar surface area (TPSA) is 94.3 Å². The van der Waals surface area contributed by atoms with Crippen LogP contribution in [-0.2, 0) is 14.4 Å². The number of anilines is 2. The third-order valence-electron chi connectivity index (χ3n) is 9.01. The van der Waals surface area contributed by atoms with Gasteiger partial charge in [-0.2, -0.15) is 0 Å². The molecule has 1 saturated heterocycles. The van der Waals surface area contributed by atoms with E-state index in [1.54, 1.807) is 4.90 Å². The van der Waals surface area contributed by atoms with Crippen molar-refractivity contribution in [3.8, 4) is 11.3 Å². The van der Waals surface area contributed by atoms with E-state index in [4.69, 9.17) is 0 Å². The predicted octanol–water partition coefficient (Wildman–Crippen LogP) is 7.33. The fourth-order valence-electron chi connectivity index (χ4n) is 6.71. The van der Waals surface area contributed by atoms with Crippen molar-refractivity contribution in [3.63, 3.8) is 0 Å². The SMILES string of the molecule is CC(C)C(C(=O)N1CCCC1C(=O)Nc1ccc2[nH]c(-c3ccc(NC(=O)C4CCCC4)cc3)cc2c1)c1ccccc1. The van der Waals surface area contributed by atoms with Gasteiger partial charge in [-0.25, -0.2) is 0 Å². The summed E-state index contributed by atoms with van der Waals surface area (Å²) in [5.74, 6) is -0.0309. The highest BCUT2D eigenvalue weighted by molar-refractivity contribution is 6.00. The fraction of sp³-hybridized carbons (Fsp3) is 0.361. The van der Waals surface area contributed by atoms with Gasteiger partial charge in [0, 0.05) is 40.4 Å². The molecule has 2 atom stereocenters. The Bertz CT molecular complexity index is 1600. The van der Waals surface area contributed by atoms with E-state index >= 15 is 0 Å². The Morgan fingerprint density at radius 1 is 0.791 bits per heavy atom. The zero-order valence-electron chi connectivity index (χ0n) is 24.9. The maximum absolute atomic E-state index is 13.7. The number of amides is 3. The zero-order chi connectivity index (χ0) is 29.9. The number of hydrogen-bond acceptors (Lipinski definition) is 3. The number of H-pyrrole nitrogens is 1. The molecule has 0 spiro atoms. The van der Waals surface area contributed by atoms with E-state index in [0.717, 1.165) is 65.5 Å². The lowest BCUT2D eigenvalue weighted by Crippen LogP contribution is -2.46. The Labute approximate surface area is 253 Å². The van der Waals surface area contributed by atoms with Crippen molar-refractivity contribution in [1.29, 1.82) is 0 Å². The fourth-order valence-corrected chi connectivity index (χ4v) is 6.71. The minimum atomic E-state index is -0.484. The van der Waals surface area contributed by atoms with Gasteiger partial charge in [0.15, 0.2) is 0 Å². The highest BCUT2D eigenvalue weighted by Gasteiger charge is 2.38. The van der Waals surface area contributed by atoms with Crippen molar-refractivity contribution < 1.29 is 14.4 Å². The van der Waals surface area contributed by atoms with Crippen LogP contribution >= 0.6 is 0 Å². The van der Waals surface area contributed by atoms with Crippen molar-refractivity contribution in [3.05, 3.63) is 84.4 Å². The third-order valence-corrected chi connectivity index (χ3v) is 9.01. The van der Waals surface area contributed by atoms with E-state index in [2.05, 4.69) is 35.5 Å². The summed E-state index contributed by atoms with van der Waals surface area (Å²) in [5.41, 5.74) is 5.44. The summed E-state index contributed by atoms with van der Waals surface area (Å²) < 4.78 is 0. The van der Waals surface area contributed by atoms with E-state index in [0.29, 0.717) is 18.7 Å². The monoisotopic (exact) mass is 576 g/mol.